The van der Waals surface area contributed by atoms with Crippen molar-refractivity contribution in [3.8, 4) is 5.69 Å². The topological polar surface area (TPSA) is 38.1 Å². The first-order valence-corrected chi connectivity index (χ1v) is 6.61. The Labute approximate surface area is 121 Å². The summed E-state index contributed by atoms with van der Waals surface area (Å²) >= 11 is 11.4. The van der Waals surface area contributed by atoms with Crippen LogP contribution in [0.5, 0.6) is 0 Å². The summed E-state index contributed by atoms with van der Waals surface area (Å²) in [6.07, 6.45) is 3.59. The Bertz CT molecular complexity index is 583. The van der Waals surface area contributed by atoms with Gasteiger partial charge in [0.05, 0.1) is 11.9 Å². The molecule has 0 bridgehead atoms. The first-order chi connectivity index (χ1) is 9.10. The normalized spacial score (nSPS) is 10.5. The average Bonchev–Trinajstić information content (AvgIpc) is 2.86. The molecule has 0 aliphatic heterocycles. The number of nitrogens with zero attached hydrogens (tertiary/aromatic N) is 3. The number of benzene rings is 1. The molecule has 1 heterocycles. The van der Waals surface area contributed by atoms with E-state index in [1.807, 2.05) is 30.5 Å². The van der Waals surface area contributed by atoms with Crippen molar-refractivity contribution in [3.05, 3.63) is 47.2 Å². The van der Waals surface area contributed by atoms with E-state index in [1.165, 1.54) is 0 Å². The van der Waals surface area contributed by atoms with Crippen molar-refractivity contribution < 1.29 is 4.79 Å². The minimum Gasteiger partial charge on any atom is -0.340 e. The van der Waals surface area contributed by atoms with E-state index in [0.717, 1.165) is 11.3 Å². The number of hydrogen-bond donors (Lipinski definition) is 0. The standard InChI is InChI=1S/C13H13Cl2N3O/c1-17(13(19)6-14)8-10-7-16-18(9-10)12-4-2-3-11(15)5-12/h2-5,7,9H,6,8H2,1H3. The summed E-state index contributed by atoms with van der Waals surface area (Å²) < 4.78 is 1.72. The van der Waals surface area contributed by atoms with Gasteiger partial charge in [0, 0.05) is 30.4 Å². The molecule has 2 rings (SSSR count). The van der Waals surface area contributed by atoms with Crippen LogP contribution >= 0.6 is 23.2 Å². The first kappa shape index (κ1) is 13.9. The molecule has 0 aliphatic rings. The highest BCUT2D eigenvalue weighted by Crippen LogP contribution is 2.15. The predicted octanol–water partition coefficient (Wildman–Crippen LogP) is 2.72. The minimum atomic E-state index is -0.114. The molecule has 0 N–H and O–H groups in total. The van der Waals surface area contributed by atoms with Crippen LogP contribution in [0.4, 0.5) is 0 Å². The number of rotatable bonds is 4. The van der Waals surface area contributed by atoms with E-state index in [4.69, 9.17) is 23.2 Å². The number of alkyl halides is 1. The lowest BCUT2D eigenvalue weighted by Crippen LogP contribution is -2.26. The van der Waals surface area contributed by atoms with Gasteiger partial charge in [-0.2, -0.15) is 5.10 Å². The molecule has 0 fully saturated rings. The summed E-state index contributed by atoms with van der Waals surface area (Å²) in [6, 6.07) is 7.41. The molecule has 0 radical (unpaired) electrons. The fraction of sp³-hybridized carbons (Fsp3) is 0.231. The van der Waals surface area contributed by atoms with Crippen molar-refractivity contribution in [3.63, 3.8) is 0 Å². The Morgan fingerprint density at radius 2 is 2.26 bits per heavy atom. The van der Waals surface area contributed by atoms with E-state index in [2.05, 4.69) is 5.10 Å². The van der Waals surface area contributed by atoms with Crippen LogP contribution in [-0.2, 0) is 11.3 Å². The molecule has 0 aliphatic carbocycles. The van der Waals surface area contributed by atoms with E-state index in [1.54, 1.807) is 22.8 Å². The number of hydrogen-bond acceptors (Lipinski definition) is 2. The lowest BCUT2D eigenvalue weighted by atomic mass is 10.3. The van der Waals surface area contributed by atoms with Crippen molar-refractivity contribution in [2.45, 2.75) is 6.54 Å². The maximum atomic E-state index is 11.4. The van der Waals surface area contributed by atoms with Gasteiger partial charge in [0.2, 0.25) is 5.91 Å². The molecular formula is C13H13Cl2N3O. The zero-order valence-corrected chi connectivity index (χ0v) is 11.9. The Kier molecular flexibility index (Phi) is 4.45. The van der Waals surface area contributed by atoms with Gasteiger partial charge in [-0.05, 0) is 18.2 Å². The van der Waals surface area contributed by atoms with Crippen molar-refractivity contribution in [1.29, 1.82) is 0 Å². The van der Waals surface area contributed by atoms with Crippen molar-refractivity contribution >= 4 is 29.1 Å². The minimum absolute atomic E-state index is 0.0150. The van der Waals surface area contributed by atoms with Crippen LogP contribution in [0.25, 0.3) is 5.69 Å². The Morgan fingerprint density at radius 1 is 1.47 bits per heavy atom. The van der Waals surface area contributed by atoms with Crippen LogP contribution in [-0.4, -0.2) is 33.5 Å². The zero-order chi connectivity index (χ0) is 13.8. The number of amides is 1. The Hall–Kier alpha value is -1.52. The summed E-state index contributed by atoms with van der Waals surface area (Å²) in [4.78, 5) is 12.9. The average molecular weight is 298 g/mol. The highest BCUT2D eigenvalue weighted by Gasteiger charge is 2.09. The van der Waals surface area contributed by atoms with E-state index >= 15 is 0 Å². The molecule has 19 heavy (non-hydrogen) atoms. The largest absolute Gasteiger partial charge is 0.340 e. The van der Waals surface area contributed by atoms with Gasteiger partial charge in [0.1, 0.15) is 5.88 Å². The Morgan fingerprint density at radius 3 is 2.95 bits per heavy atom. The lowest BCUT2D eigenvalue weighted by Gasteiger charge is -2.13. The van der Waals surface area contributed by atoms with Gasteiger partial charge in [0.25, 0.3) is 0 Å². The van der Waals surface area contributed by atoms with Crippen LogP contribution in [0.15, 0.2) is 36.7 Å². The van der Waals surface area contributed by atoms with E-state index < -0.39 is 0 Å². The monoisotopic (exact) mass is 297 g/mol. The van der Waals surface area contributed by atoms with E-state index in [-0.39, 0.29) is 11.8 Å². The van der Waals surface area contributed by atoms with Gasteiger partial charge in [-0.25, -0.2) is 4.68 Å². The number of aromatic nitrogens is 2. The molecule has 4 nitrogen and oxygen atoms in total. The molecule has 0 saturated heterocycles. The van der Waals surface area contributed by atoms with Crippen molar-refractivity contribution in [2.75, 3.05) is 12.9 Å². The SMILES string of the molecule is CN(Cc1cnn(-c2cccc(Cl)c2)c1)C(=O)CCl. The highest BCUT2D eigenvalue weighted by molar-refractivity contribution is 6.30. The summed E-state index contributed by atoms with van der Waals surface area (Å²) in [5.41, 5.74) is 1.81. The number of carbonyl (C=O) groups is 1. The summed E-state index contributed by atoms with van der Waals surface area (Å²) in [5, 5.41) is 4.91. The summed E-state index contributed by atoms with van der Waals surface area (Å²) in [5.74, 6) is -0.129. The molecule has 100 valence electrons. The van der Waals surface area contributed by atoms with Crippen LogP contribution in [0.3, 0.4) is 0 Å². The van der Waals surface area contributed by atoms with E-state index in [0.29, 0.717) is 11.6 Å². The van der Waals surface area contributed by atoms with Crippen molar-refractivity contribution in [1.82, 2.24) is 14.7 Å². The molecule has 1 aromatic carbocycles. The number of halogens is 2. The van der Waals surface area contributed by atoms with Gasteiger partial charge in [-0.1, -0.05) is 17.7 Å². The summed E-state index contributed by atoms with van der Waals surface area (Å²) in [6.45, 7) is 0.478. The van der Waals surface area contributed by atoms with Crippen LogP contribution in [0.2, 0.25) is 5.02 Å². The van der Waals surface area contributed by atoms with Gasteiger partial charge in [-0.3, -0.25) is 4.79 Å². The smallest absolute Gasteiger partial charge is 0.237 e. The summed E-state index contributed by atoms with van der Waals surface area (Å²) in [7, 11) is 1.71. The van der Waals surface area contributed by atoms with Gasteiger partial charge in [-0.15, -0.1) is 11.6 Å². The zero-order valence-electron chi connectivity index (χ0n) is 10.4. The third-order valence-corrected chi connectivity index (χ3v) is 3.13. The molecule has 0 unspecified atom stereocenters. The number of carbonyl (C=O) groups excluding carboxylic acids is 1. The third kappa shape index (κ3) is 3.49. The second-order valence-corrected chi connectivity index (χ2v) is 4.86. The molecule has 2 aromatic rings. The molecule has 0 atom stereocenters. The first-order valence-electron chi connectivity index (χ1n) is 5.69. The third-order valence-electron chi connectivity index (χ3n) is 2.67. The maximum absolute atomic E-state index is 11.4. The van der Waals surface area contributed by atoms with E-state index in [9.17, 15) is 4.79 Å². The van der Waals surface area contributed by atoms with Crippen LogP contribution in [0, 0.1) is 0 Å². The molecule has 0 spiro atoms. The second-order valence-electron chi connectivity index (χ2n) is 4.16. The van der Waals surface area contributed by atoms with Crippen LogP contribution in [0.1, 0.15) is 5.56 Å². The Balaban J connectivity index is 2.13. The molecule has 1 aromatic heterocycles. The maximum Gasteiger partial charge on any atom is 0.237 e. The predicted molar refractivity (Wildman–Crippen MR) is 75.8 cm³/mol. The molecule has 0 saturated carbocycles. The second kappa shape index (κ2) is 6.08. The fourth-order valence-corrected chi connectivity index (χ4v) is 2.05. The molecular weight excluding hydrogens is 285 g/mol. The lowest BCUT2D eigenvalue weighted by molar-refractivity contribution is -0.127. The molecule has 6 heteroatoms. The van der Waals surface area contributed by atoms with Gasteiger partial charge >= 0.3 is 0 Å². The fourth-order valence-electron chi connectivity index (χ4n) is 1.67. The quantitative estimate of drug-likeness (QED) is 0.814. The highest BCUT2D eigenvalue weighted by atomic mass is 35.5. The van der Waals surface area contributed by atoms with Gasteiger partial charge < -0.3 is 4.90 Å². The molecule has 1 amide bonds. The van der Waals surface area contributed by atoms with Gasteiger partial charge in [0.15, 0.2) is 0 Å². The van der Waals surface area contributed by atoms with Crippen molar-refractivity contribution in [2.24, 2.45) is 0 Å². The van der Waals surface area contributed by atoms with Crippen LogP contribution < -0.4 is 0 Å².